The highest BCUT2D eigenvalue weighted by atomic mass is 15.1. The Morgan fingerprint density at radius 1 is 0.529 bits per heavy atom. The molecule has 0 aromatic carbocycles. The summed E-state index contributed by atoms with van der Waals surface area (Å²) in [6, 6.07) is 0. The minimum absolute atomic E-state index is 1.25. The van der Waals surface area contributed by atoms with E-state index in [1.165, 1.54) is 71.1 Å². The first-order chi connectivity index (χ1) is 8.20. The van der Waals surface area contributed by atoms with E-state index in [-0.39, 0.29) is 0 Å². The maximum atomic E-state index is 2.48. The Morgan fingerprint density at radius 2 is 0.882 bits per heavy atom. The third-order valence-corrected chi connectivity index (χ3v) is 3.37. The molecule has 0 rings (SSSR count). The van der Waals surface area contributed by atoms with Crippen molar-refractivity contribution in [3.05, 3.63) is 0 Å². The van der Waals surface area contributed by atoms with E-state index in [2.05, 4.69) is 37.7 Å². The van der Waals surface area contributed by atoms with Crippen LogP contribution in [0.1, 0.15) is 58.8 Å². The molecule has 0 aromatic heterocycles. The molecule has 0 atom stereocenters. The van der Waals surface area contributed by atoms with Crippen LogP contribution < -0.4 is 0 Å². The van der Waals surface area contributed by atoms with E-state index in [0.717, 1.165) is 0 Å². The van der Waals surface area contributed by atoms with Crippen LogP contribution in [-0.4, -0.2) is 50.1 Å². The zero-order chi connectivity index (χ0) is 12.9. The minimum Gasteiger partial charge on any atom is -0.306 e. The molecule has 0 aromatic rings. The second-order valence-electron chi connectivity index (χ2n) is 5.37. The molecule has 0 heterocycles. The first kappa shape index (κ1) is 16.9. The van der Waals surface area contributed by atoms with Gasteiger partial charge < -0.3 is 9.80 Å². The summed E-state index contributed by atoms with van der Waals surface area (Å²) in [6.45, 7) is 9.58. The second kappa shape index (κ2) is 12.4. The fourth-order valence-corrected chi connectivity index (χ4v) is 2.10. The molecule has 2 heteroatoms. The van der Waals surface area contributed by atoms with Crippen LogP contribution in [0, 0.1) is 0 Å². The SMILES string of the molecule is CCCCCN(C)CCCN(C)CCCCC. The van der Waals surface area contributed by atoms with Crippen LogP contribution in [0.15, 0.2) is 0 Å². The first-order valence-electron chi connectivity index (χ1n) is 7.57. The maximum absolute atomic E-state index is 2.48. The van der Waals surface area contributed by atoms with Crippen molar-refractivity contribution in [2.75, 3.05) is 40.3 Å². The van der Waals surface area contributed by atoms with Crippen molar-refractivity contribution in [3.63, 3.8) is 0 Å². The Labute approximate surface area is 109 Å². The number of rotatable bonds is 12. The molecule has 0 bridgehead atoms. The number of hydrogen-bond donors (Lipinski definition) is 0. The Balaban J connectivity index is 3.29. The van der Waals surface area contributed by atoms with E-state index in [4.69, 9.17) is 0 Å². The topological polar surface area (TPSA) is 6.48 Å². The van der Waals surface area contributed by atoms with Crippen molar-refractivity contribution in [2.45, 2.75) is 58.8 Å². The van der Waals surface area contributed by atoms with E-state index in [9.17, 15) is 0 Å². The standard InChI is InChI=1S/C15H34N2/c1-5-7-9-12-16(3)14-11-15-17(4)13-10-8-6-2/h5-15H2,1-4H3. The molecule has 0 radical (unpaired) electrons. The fourth-order valence-electron chi connectivity index (χ4n) is 2.10. The van der Waals surface area contributed by atoms with Gasteiger partial charge in [-0.1, -0.05) is 39.5 Å². The Morgan fingerprint density at radius 3 is 1.24 bits per heavy atom. The predicted octanol–water partition coefficient (Wildman–Crippen LogP) is 3.62. The van der Waals surface area contributed by atoms with Gasteiger partial charge in [-0.2, -0.15) is 0 Å². The van der Waals surface area contributed by atoms with Crippen LogP contribution >= 0.6 is 0 Å². The van der Waals surface area contributed by atoms with Gasteiger partial charge in [0.15, 0.2) is 0 Å². The summed E-state index contributed by atoms with van der Waals surface area (Å²) in [6.07, 6.45) is 9.44. The molecular weight excluding hydrogens is 208 g/mol. The molecule has 17 heavy (non-hydrogen) atoms. The lowest BCUT2D eigenvalue weighted by Crippen LogP contribution is -2.27. The van der Waals surface area contributed by atoms with Gasteiger partial charge >= 0.3 is 0 Å². The molecule has 0 aliphatic rings. The van der Waals surface area contributed by atoms with E-state index in [1.807, 2.05) is 0 Å². The molecule has 0 amide bonds. The second-order valence-corrected chi connectivity index (χ2v) is 5.37. The molecule has 0 unspecified atom stereocenters. The zero-order valence-electron chi connectivity index (χ0n) is 12.7. The summed E-state index contributed by atoms with van der Waals surface area (Å²) in [4.78, 5) is 4.96. The van der Waals surface area contributed by atoms with E-state index < -0.39 is 0 Å². The minimum atomic E-state index is 1.25. The summed E-state index contributed by atoms with van der Waals surface area (Å²) < 4.78 is 0. The molecule has 0 spiro atoms. The molecule has 0 N–H and O–H groups in total. The summed E-state index contributed by atoms with van der Waals surface area (Å²) in [5.41, 5.74) is 0. The summed E-state index contributed by atoms with van der Waals surface area (Å²) >= 11 is 0. The molecule has 0 fully saturated rings. The summed E-state index contributed by atoms with van der Waals surface area (Å²) in [7, 11) is 4.51. The zero-order valence-corrected chi connectivity index (χ0v) is 12.7. The van der Waals surface area contributed by atoms with Crippen LogP contribution in [0.25, 0.3) is 0 Å². The largest absolute Gasteiger partial charge is 0.306 e. The summed E-state index contributed by atoms with van der Waals surface area (Å²) in [5.74, 6) is 0. The average molecular weight is 242 g/mol. The van der Waals surface area contributed by atoms with Gasteiger partial charge in [0.25, 0.3) is 0 Å². The van der Waals surface area contributed by atoms with Gasteiger partial charge in [0.2, 0.25) is 0 Å². The van der Waals surface area contributed by atoms with Crippen molar-refractivity contribution in [2.24, 2.45) is 0 Å². The van der Waals surface area contributed by atoms with Crippen molar-refractivity contribution < 1.29 is 0 Å². The van der Waals surface area contributed by atoms with Crippen molar-refractivity contribution >= 4 is 0 Å². The van der Waals surface area contributed by atoms with E-state index in [0.29, 0.717) is 0 Å². The summed E-state index contributed by atoms with van der Waals surface area (Å²) in [5, 5.41) is 0. The molecule has 104 valence electrons. The lowest BCUT2D eigenvalue weighted by molar-refractivity contribution is 0.272. The van der Waals surface area contributed by atoms with Gasteiger partial charge in [-0.25, -0.2) is 0 Å². The highest BCUT2D eigenvalue weighted by Crippen LogP contribution is 1.99. The van der Waals surface area contributed by atoms with E-state index >= 15 is 0 Å². The normalized spacial score (nSPS) is 11.6. The highest BCUT2D eigenvalue weighted by Gasteiger charge is 2.00. The van der Waals surface area contributed by atoms with Crippen molar-refractivity contribution in [1.82, 2.24) is 9.80 Å². The van der Waals surface area contributed by atoms with Gasteiger partial charge in [0, 0.05) is 0 Å². The molecule has 0 saturated carbocycles. The van der Waals surface area contributed by atoms with Gasteiger partial charge in [-0.15, -0.1) is 0 Å². The number of nitrogens with zero attached hydrogens (tertiary/aromatic N) is 2. The quantitative estimate of drug-likeness (QED) is 0.482. The van der Waals surface area contributed by atoms with Crippen molar-refractivity contribution in [3.8, 4) is 0 Å². The van der Waals surface area contributed by atoms with Gasteiger partial charge in [0.1, 0.15) is 0 Å². The molecule has 0 aliphatic carbocycles. The van der Waals surface area contributed by atoms with E-state index in [1.54, 1.807) is 0 Å². The smallest absolute Gasteiger partial charge is 0.000960 e. The first-order valence-corrected chi connectivity index (χ1v) is 7.57. The van der Waals surface area contributed by atoms with Crippen LogP contribution in [0.4, 0.5) is 0 Å². The van der Waals surface area contributed by atoms with Gasteiger partial charge in [0.05, 0.1) is 0 Å². The third-order valence-electron chi connectivity index (χ3n) is 3.37. The van der Waals surface area contributed by atoms with Crippen LogP contribution in [0.3, 0.4) is 0 Å². The molecule has 0 aliphatic heterocycles. The monoisotopic (exact) mass is 242 g/mol. The maximum Gasteiger partial charge on any atom is -0.000960 e. The predicted molar refractivity (Wildman–Crippen MR) is 78.7 cm³/mol. The fraction of sp³-hybridized carbons (Fsp3) is 1.00. The number of unbranched alkanes of at least 4 members (excludes halogenated alkanes) is 4. The molecule has 2 nitrogen and oxygen atoms in total. The Bertz CT molecular complexity index is 132. The Hall–Kier alpha value is -0.0800. The number of hydrogen-bond acceptors (Lipinski definition) is 2. The van der Waals surface area contributed by atoms with Crippen LogP contribution in [0.2, 0.25) is 0 Å². The lowest BCUT2D eigenvalue weighted by atomic mass is 10.2. The van der Waals surface area contributed by atoms with Crippen LogP contribution in [0.5, 0.6) is 0 Å². The van der Waals surface area contributed by atoms with Crippen LogP contribution in [-0.2, 0) is 0 Å². The van der Waals surface area contributed by atoms with Crippen molar-refractivity contribution in [1.29, 1.82) is 0 Å². The average Bonchev–Trinajstić information content (AvgIpc) is 2.30. The lowest BCUT2D eigenvalue weighted by Gasteiger charge is -2.20. The van der Waals surface area contributed by atoms with Gasteiger partial charge in [-0.3, -0.25) is 0 Å². The molecular formula is C15H34N2. The highest BCUT2D eigenvalue weighted by molar-refractivity contribution is 4.56. The molecule has 0 saturated heterocycles. The third kappa shape index (κ3) is 12.2. The van der Waals surface area contributed by atoms with Gasteiger partial charge in [-0.05, 0) is 59.5 Å². The Kier molecular flexibility index (Phi) is 12.3.